The van der Waals surface area contributed by atoms with Crippen LogP contribution in [-0.4, -0.2) is 12.6 Å². The molecule has 0 spiro atoms. The van der Waals surface area contributed by atoms with E-state index in [1.165, 1.54) is 38.5 Å². The van der Waals surface area contributed by atoms with Gasteiger partial charge in [0.25, 0.3) is 0 Å². The first-order chi connectivity index (χ1) is 7.74. The van der Waals surface area contributed by atoms with Gasteiger partial charge in [-0.15, -0.1) is 0 Å². The molecular weight excluding hydrogens is 200 g/mol. The summed E-state index contributed by atoms with van der Waals surface area (Å²) in [6.07, 6.45) is 9.83. The van der Waals surface area contributed by atoms with Crippen molar-refractivity contribution in [3.63, 3.8) is 0 Å². The molecule has 0 N–H and O–H groups in total. The van der Waals surface area contributed by atoms with Gasteiger partial charge in [0.2, 0.25) is 0 Å². The van der Waals surface area contributed by atoms with Crippen molar-refractivity contribution >= 4 is 5.97 Å². The summed E-state index contributed by atoms with van der Waals surface area (Å²) in [6, 6.07) is 0. The van der Waals surface area contributed by atoms with Crippen LogP contribution in [0.1, 0.15) is 65.2 Å². The second kappa shape index (κ2) is 7.70. The highest BCUT2D eigenvalue weighted by molar-refractivity contribution is 5.69. The molecule has 0 aromatic heterocycles. The summed E-state index contributed by atoms with van der Waals surface area (Å²) < 4.78 is 4.93. The Morgan fingerprint density at radius 2 is 2.00 bits per heavy atom. The number of ether oxygens (including phenoxy) is 1. The first-order valence-corrected chi connectivity index (χ1v) is 6.89. The van der Waals surface area contributed by atoms with Gasteiger partial charge < -0.3 is 4.74 Å². The monoisotopic (exact) mass is 226 g/mol. The molecule has 1 unspecified atom stereocenters. The van der Waals surface area contributed by atoms with Crippen LogP contribution < -0.4 is 0 Å². The van der Waals surface area contributed by atoms with Gasteiger partial charge in [-0.2, -0.15) is 0 Å². The summed E-state index contributed by atoms with van der Waals surface area (Å²) in [5, 5.41) is 0. The van der Waals surface area contributed by atoms with Crippen molar-refractivity contribution in [3.05, 3.63) is 0 Å². The Morgan fingerprint density at radius 1 is 1.31 bits per heavy atom. The van der Waals surface area contributed by atoms with Gasteiger partial charge in [-0.05, 0) is 31.6 Å². The molecule has 0 heterocycles. The molecule has 0 aromatic rings. The highest BCUT2D eigenvalue weighted by Crippen LogP contribution is 2.32. The molecule has 1 atom stereocenters. The van der Waals surface area contributed by atoms with Crippen molar-refractivity contribution in [2.75, 3.05) is 6.61 Å². The third-order valence-corrected chi connectivity index (χ3v) is 3.80. The zero-order chi connectivity index (χ0) is 11.8. The van der Waals surface area contributed by atoms with Gasteiger partial charge in [0.15, 0.2) is 0 Å². The molecule has 1 rings (SSSR count). The molecule has 1 aliphatic carbocycles. The van der Waals surface area contributed by atoms with Gasteiger partial charge in [-0.3, -0.25) is 4.79 Å². The van der Waals surface area contributed by atoms with Gasteiger partial charge in [0.05, 0.1) is 6.61 Å². The van der Waals surface area contributed by atoms with Crippen LogP contribution in [-0.2, 0) is 9.53 Å². The Morgan fingerprint density at radius 3 is 2.62 bits per heavy atom. The van der Waals surface area contributed by atoms with Gasteiger partial charge in [-0.25, -0.2) is 0 Å². The first-order valence-electron chi connectivity index (χ1n) is 6.89. The highest BCUT2D eigenvalue weighted by Gasteiger charge is 2.19. The van der Waals surface area contributed by atoms with Gasteiger partial charge in [0.1, 0.15) is 0 Å². The summed E-state index contributed by atoms with van der Waals surface area (Å²) in [7, 11) is 0. The standard InChI is InChI=1S/C14H26O2/c1-3-16-14(15)11-7-8-12(2)13-9-5-4-6-10-13/h12-13H,3-11H2,1-2H3. The molecule has 1 fully saturated rings. The molecule has 2 nitrogen and oxygen atoms in total. The summed E-state index contributed by atoms with van der Waals surface area (Å²) in [6.45, 7) is 4.72. The molecular formula is C14H26O2. The van der Waals surface area contributed by atoms with Crippen LogP contribution in [0.25, 0.3) is 0 Å². The highest BCUT2D eigenvalue weighted by atomic mass is 16.5. The van der Waals surface area contributed by atoms with E-state index in [0.29, 0.717) is 13.0 Å². The molecule has 0 aromatic carbocycles. The fourth-order valence-corrected chi connectivity index (χ4v) is 2.74. The summed E-state index contributed by atoms with van der Waals surface area (Å²) in [4.78, 5) is 11.2. The number of hydrogen-bond donors (Lipinski definition) is 0. The number of rotatable bonds is 6. The van der Waals surface area contributed by atoms with Gasteiger partial charge in [0, 0.05) is 6.42 Å². The van der Waals surface area contributed by atoms with E-state index in [0.717, 1.165) is 18.3 Å². The van der Waals surface area contributed by atoms with Crippen LogP contribution >= 0.6 is 0 Å². The molecule has 0 radical (unpaired) electrons. The van der Waals surface area contributed by atoms with E-state index in [1.54, 1.807) is 0 Å². The minimum absolute atomic E-state index is 0.0293. The minimum atomic E-state index is -0.0293. The Labute approximate surface area is 99.8 Å². The molecule has 0 amide bonds. The largest absolute Gasteiger partial charge is 0.466 e. The van der Waals surface area contributed by atoms with Crippen LogP contribution in [0, 0.1) is 11.8 Å². The number of esters is 1. The number of carbonyl (C=O) groups excluding carboxylic acids is 1. The van der Waals surface area contributed by atoms with Crippen molar-refractivity contribution in [3.8, 4) is 0 Å². The quantitative estimate of drug-likeness (QED) is 0.641. The minimum Gasteiger partial charge on any atom is -0.466 e. The van der Waals surface area contributed by atoms with Crippen molar-refractivity contribution in [1.29, 1.82) is 0 Å². The maximum absolute atomic E-state index is 11.2. The Balaban J connectivity index is 2.09. The van der Waals surface area contributed by atoms with E-state index in [9.17, 15) is 4.79 Å². The van der Waals surface area contributed by atoms with Gasteiger partial charge >= 0.3 is 5.97 Å². The van der Waals surface area contributed by atoms with Crippen molar-refractivity contribution in [2.45, 2.75) is 65.2 Å². The molecule has 2 heteroatoms. The molecule has 1 saturated carbocycles. The Bertz CT molecular complexity index is 195. The average Bonchev–Trinajstić information content (AvgIpc) is 2.30. The zero-order valence-electron chi connectivity index (χ0n) is 10.8. The zero-order valence-corrected chi connectivity index (χ0v) is 10.8. The molecule has 0 saturated heterocycles. The van der Waals surface area contributed by atoms with Crippen LogP contribution in [0.4, 0.5) is 0 Å². The molecule has 1 aliphatic rings. The normalized spacial score (nSPS) is 19.4. The lowest BCUT2D eigenvalue weighted by atomic mass is 9.79. The predicted molar refractivity (Wildman–Crippen MR) is 66.2 cm³/mol. The lowest BCUT2D eigenvalue weighted by Gasteiger charge is -2.27. The van der Waals surface area contributed by atoms with Crippen LogP contribution in [0.2, 0.25) is 0 Å². The van der Waals surface area contributed by atoms with Crippen LogP contribution in [0.15, 0.2) is 0 Å². The lowest BCUT2D eigenvalue weighted by Crippen LogP contribution is -2.15. The lowest BCUT2D eigenvalue weighted by molar-refractivity contribution is -0.143. The smallest absolute Gasteiger partial charge is 0.305 e. The summed E-state index contributed by atoms with van der Waals surface area (Å²) >= 11 is 0. The summed E-state index contributed by atoms with van der Waals surface area (Å²) in [5.74, 6) is 1.67. The summed E-state index contributed by atoms with van der Waals surface area (Å²) in [5.41, 5.74) is 0. The average molecular weight is 226 g/mol. The fourth-order valence-electron chi connectivity index (χ4n) is 2.74. The third kappa shape index (κ3) is 5.00. The van der Waals surface area contributed by atoms with E-state index >= 15 is 0 Å². The predicted octanol–water partition coefficient (Wildman–Crippen LogP) is 3.94. The van der Waals surface area contributed by atoms with E-state index in [-0.39, 0.29) is 5.97 Å². The molecule has 16 heavy (non-hydrogen) atoms. The fraction of sp³-hybridized carbons (Fsp3) is 0.929. The first kappa shape index (κ1) is 13.5. The molecule has 0 bridgehead atoms. The van der Waals surface area contributed by atoms with Crippen molar-refractivity contribution < 1.29 is 9.53 Å². The van der Waals surface area contributed by atoms with E-state index in [1.807, 2.05) is 6.92 Å². The van der Waals surface area contributed by atoms with Crippen LogP contribution in [0.3, 0.4) is 0 Å². The SMILES string of the molecule is CCOC(=O)CCCC(C)C1CCCCC1. The second-order valence-corrected chi connectivity index (χ2v) is 5.07. The second-order valence-electron chi connectivity index (χ2n) is 5.07. The molecule has 94 valence electrons. The maximum Gasteiger partial charge on any atom is 0.305 e. The Kier molecular flexibility index (Phi) is 6.51. The Hall–Kier alpha value is -0.530. The maximum atomic E-state index is 11.2. The van der Waals surface area contributed by atoms with E-state index < -0.39 is 0 Å². The van der Waals surface area contributed by atoms with Crippen LogP contribution in [0.5, 0.6) is 0 Å². The number of hydrogen-bond acceptors (Lipinski definition) is 2. The topological polar surface area (TPSA) is 26.3 Å². The van der Waals surface area contributed by atoms with E-state index in [4.69, 9.17) is 4.74 Å². The van der Waals surface area contributed by atoms with Crippen molar-refractivity contribution in [2.24, 2.45) is 11.8 Å². The van der Waals surface area contributed by atoms with Gasteiger partial charge in [-0.1, -0.05) is 39.0 Å². The van der Waals surface area contributed by atoms with Crippen molar-refractivity contribution in [1.82, 2.24) is 0 Å². The third-order valence-electron chi connectivity index (χ3n) is 3.80. The number of carbonyl (C=O) groups is 1. The molecule has 0 aliphatic heterocycles. The van der Waals surface area contributed by atoms with E-state index in [2.05, 4.69) is 6.92 Å².